The van der Waals surface area contributed by atoms with Crippen LogP contribution in [0.2, 0.25) is 0 Å². The molecule has 0 atom stereocenters. The summed E-state index contributed by atoms with van der Waals surface area (Å²) in [4.78, 5) is 4.47. The largest absolute Gasteiger partial charge is 0.331 e. The van der Waals surface area contributed by atoms with Crippen molar-refractivity contribution < 1.29 is 0 Å². The van der Waals surface area contributed by atoms with Gasteiger partial charge >= 0.3 is 0 Å². The molecule has 114 valence electrons. The molecule has 0 saturated carbocycles. The Morgan fingerprint density at radius 1 is 1.14 bits per heavy atom. The van der Waals surface area contributed by atoms with E-state index in [9.17, 15) is 0 Å². The number of aryl methyl sites for hydroxylation is 1. The summed E-state index contributed by atoms with van der Waals surface area (Å²) < 4.78 is 2.28. The zero-order chi connectivity index (χ0) is 15.1. The molecule has 0 unspecified atom stereocenters. The minimum absolute atomic E-state index is 0.543. The Bertz CT molecular complexity index is 543. The molecule has 0 aliphatic heterocycles. The summed E-state index contributed by atoms with van der Waals surface area (Å²) in [5.41, 5.74) is 2.83. The first-order chi connectivity index (χ1) is 10.2. The minimum atomic E-state index is 0.543. The van der Waals surface area contributed by atoms with Crippen LogP contribution in [0.3, 0.4) is 0 Å². The molecular formula is C18H27N3. The second-order valence-corrected chi connectivity index (χ2v) is 5.85. The van der Waals surface area contributed by atoms with Crippen LogP contribution in [0.15, 0.2) is 36.7 Å². The maximum Gasteiger partial charge on any atom is 0.108 e. The lowest BCUT2D eigenvalue weighted by molar-refractivity contribution is 0.588. The van der Waals surface area contributed by atoms with E-state index < -0.39 is 0 Å². The Morgan fingerprint density at radius 2 is 1.90 bits per heavy atom. The van der Waals surface area contributed by atoms with Gasteiger partial charge in [0, 0.05) is 31.4 Å². The standard InChI is InChI=1S/C18H27N3/c1-4-7-18-20-12-13-21(18)14-17-9-6-5-8-16(17)10-11-19-15(2)3/h5-6,8-9,12-13,15,19H,4,7,10-11,14H2,1-3H3. The smallest absolute Gasteiger partial charge is 0.108 e. The summed E-state index contributed by atoms with van der Waals surface area (Å²) >= 11 is 0. The summed E-state index contributed by atoms with van der Waals surface area (Å²) in [7, 11) is 0. The van der Waals surface area contributed by atoms with Crippen molar-refractivity contribution in [2.24, 2.45) is 0 Å². The summed E-state index contributed by atoms with van der Waals surface area (Å²) in [5, 5.41) is 3.49. The second kappa shape index (κ2) is 7.99. The Kier molecular flexibility index (Phi) is 6.00. The van der Waals surface area contributed by atoms with Crippen molar-refractivity contribution in [1.29, 1.82) is 0 Å². The fourth-order valence-corrected chi connectivity index (χ4v) is 2.57. The third kappa shape index (κ3) is 4.71. The number of nitrogens with one attached hydrogen (secondary N) is 1. The molecule has 1 aromatic heterocycles. The van der Waals surface area contributed by atoms with Gasteiger partial charge in [0.15, 0.2) is 0 Å². The first-order valence-corrected chi connectivity index (χ1v) is 8.01. The predicted molar refractivity (Wildman–Crippen MR) is 88.6 cm³/mol. The quantitative estimate of drug-likeness (QED) is 0.805. The maximum atomic E-state index is 4.47. The number of hydrogen-bond acceptors (Lipinski definition) is 2. The molecule has 0 saturated heterocycles. The molecule has 2 aromatic rings. The van der Waals surface area contributed by atoms with Crippen LogP contribution in [-0.4, -0.2) is 22.1 Å². The van der Waals surface area contributed by atoms with Crippen molar-refractivity contribution in [1.82, 2.24) is 14.9 Å². The molecule has 0 aliphatic carbocycles. The molecule has 3 heteroatoms. The van der Waals surface area contributed by atoms with E-state index in [0.717, 1.165) is 32.4 Å². The molecule has 0 bridgehead atoms. The van der Waals surface area contributed by atoms with E-state index in [2.05, 4.69) is 66.1 Å². The van der Waals surface area contributed by atoms with Crippen molar-refractivity contribution in [2.75, 3.05) is 6.54 Å². The maximum absolute atomic E-state index is 4.47. The topological polar surface area (TPSA) is 29.9 Å². The normalized spacial score (nSPS) is 11.2. The fourth-order valence-electron chi connectivity index (χ4n) is 2.57. The van der Waals surface area contributed by atoms with E-state index in [0.29, 0.717) is 6.04 Å². The van der Waals surface area contributed by atoms with E-state index in [1.54, 1.807) is 0 Å². The van der Waals surface area contributed by atoms with Gasteiger partial charge in [0.2, 0.25) is 0 Å². The van der Waals surface area contributed by atoms with Crippen LogP contribution in [0, 0.1) is 0 Å². The number of rotatable bonds is 8. The van der Waals surface area contributed by atoms with Gasteiger partial charge in [-0.2, -0.15) is 0 Å². The highest BCUT2D eigenvalue weighted by molar-refractivity contribution is 5.28. The average Bonchev–Trinajstić information content (AvgIpc) is 2.88. The van der Waals surface area contributed by atoms with Crippen LogP contribution in [-0.2, 0) is 19.4 Å². The predicted octanol–water partition coefficient (Wildman–Crippen LogP) is 3.42. The molecule has 3 nitrogen and oxygen atoms in total. The van der Waals surface area contributed by atoms with Gasteiger partial charge in [-0.1, -0.05) is 45.0 Å². The highest BCUT2D eigenvalue weighted by atomic mass is 15.1. The molecule has 2 rings (SSSR count). The Balaban J connectivity index is 2.07. The first-order valence-electron chi connectivity index (χ1n) is 8.01. The Hall–Kier alpha value is -1.61. The summed E-state index contributed by atoms with van der Waals surface area (Å²) in [6, 6.07) is 9.29. The number of nitrogens with zero attached hydrogens (tertiary/aromatic N) is 2. The molecule has 1 N–H and O–H groups in total. The van der Waals surface area contributed by atoms with E-state index in [-0.39, 0.29) is 0 Å². The molecule has 0 radical (unpaired) electrons. The number of aromatic nitrogens is 2. The summed E-state index contributed by atoms with van der Waals surface area (Å²) in [5.74, 6) is 1.19. The van der Waals surface area contributed by atoms with Crippen LogP contribution >= 0.6 is 0 Å². The third-order valence-electron chi connectivity index (χ3n) is 3.68. The van der Waals surface area contributed by atoms with Crippen LogP contribution in [0.25, 0.3) is 0 Å². The Labute approximate surface area is 128 Å². The number of hydrogen-bond donors (Lipinski definition) is 1. The molecule has 0 spiro atoms. The lowest BCUT2D eigenvalue weighted by Gasteiger charge is -2.13. The van der Waals surface area contributed by atoms with Gasteiger partial charge in [0.05, 0.1) is 0 Å². The van der Waals surface area contributed by atoms with E-state index in [1.807, 2.05) is 6.20 Å². The van der Waals surface area contributed by atoms with Crippen molar-refractivity contribution in [2.45, 2.75) is 52.6 Å². The van der Waals surface area contributed by atoms with Gasteiger partial charge in [0.25, 0.3) is 0 Å². The van der Waals surface area contributed by atoms with E-state index in [4.69, 9.17) is 0 Å². The molecule has 1 aromatic carbocycles. The highest BCUT2D eigenvalue weighted by Gasteiger charge is 2.06. The molecule has 0 fully saturated rings. The van der Waals surface area contributed by atoms with Crippen molar-refractivity contribution in [3.8, 4) is 0 Å². The molecule has 0 amide bonds. The fraction of sp³-hybridized carbons (Fsp3) is 0.500. The van der Waals surface area contributed by atoms with Crippen molar-refractivity contribution >= 4 is 0 Å². The van der Waals surface area contributed by atoms with Gasteiger partial charge in [-0.15, -0.1) is 0 Å². The van der Waals surface area contributed by atoms with Crippen LogP contribution in [0.1, 0.15) is 44.1 Å². The summed E-state index contributed by atoms with van der Waals surface area (Å²) in [6.45, 7) is 8.53. The van der Waals surface area contributed by atoms with Gasteiger partial charge in [-0.25, -0.2) is 4.98 Å². The molecular weight excluding hydrogens is 258 g/mol. The van der Waals surface area contributed by atoms with Gasteiger partial charge < -0.3 is 9.88 Å². The number of imidazole rings is 1. The Morgan fingerprint density at radius 3 is 2.62 bits per heavy atom. The van der Waals surface area contributed by atoms with Gasteiger partial charge in [-0.3, -0.25) is 0 Å². The van der Waals surface area contributed by atoms with Crippen LogP contribution in [0.5, 0.6) is 0 Å². The van der Waals surface area contributed by atoms with E-state index >= 15 is 0 Å². The zero-order valence-corrected chi connectivity index (χ0v) is 13.5. The highest BCUT2D eigenvalue weighted by Crippen LogP contribution is 2.13. The molecule has 21 heavy (non-hydrogen) atoms. The average molecular weight is 285 g/mol. The van der Waals surface area contributed by atoms with Crippen molar-refractivity contribution in [3.05, 3.63) is 53.6 Å². The number of benzene rings is 1. The zero-order valence-electron chi connectivity index (χ0n) is 13.5. The summed E-state index contributed by atoms with van der Waals surface area (Å²) in [6.07, 6.45) is 7.26. The van der Waals surface area contributed by atoms with Crippen LogP contribution in [0.4, 0.5) is 0 Å². The molecule has 1 heterocycles. The van der Waals surface area contributed by atoms with E-state index in [1.165, 1.54) is 17.0 Å². The molecule has 0 aliphatic rings. The minimum Gasteiger partial charge on any atom is -0.331 e. The first kappa shape index (κ1) is 15.8. The third-order valence-corrected chi connectivity index (χ3v) is 3.68. The SMILES string of the molecule is CCCc1nccn1Cc1ccccc1CCNC(C)C. The lowest BCUT2D eigenvalue weighted by Crippen LogP contribution is -2.25. The monoisotopic (exact) mass is 285 g/mol. The van der Waals surface area contributed by atoms with Gasteiger partial charge in [0.1, 0.15) is 5.82 Å². The lowest BCUT2D eigenvalue weighted by atomic mass is 10.0. The van der Waals surface area contributed by atoms with Gasteiger partial charge in [-0.05, 0) is 30.5 Å². The van der Waals surface area contributed by atoms with Crippen LogP contribution < -0.4 is 5.32 Å². The van der Waals surface area contributed by atoms with Crippen molar-refractivity contribution in [3.63, 3.8) is 0 Å². The second-order valence-electron chi connectivity index (χ2n) is 5.85.